The smallest absolute Gasteiger partial charge is 0.325 e. The highest BCUT2D eigenvalue weighted by Gasteiger charge is 2.02. The normalized spacial score (nSPS) is 9.00. The van der Waals surface area contributed by atoms with Crippen LogP contribution < -0.4 is 0 Å². The Balaban J connectivity index is 3.20. The fraction of sp³-hybridized carbons (Fsp3) is 0.600. The highest BCUT2D eigenvalue weighted by atomic mass is 35.5. The van der Waals surface area contributed by atoms with Crippen LogP contribution in [0, 0.1) is 0 Å². The number of carbonyl (C=O) groups is 2. The van der Waals surface area contributed by atoms with E-state index < -0.39 is 5.97 Å². The van der Waals surface area contributed by atoms with Gasteiger partial charge in [-0.1, -0.05) is 11.8 Å². The lowest BCUT2D eigenvalue weighted by atomic mass is 10.5. The number of halogens is 1. The molecule has 0 aliphatic carbocycles. The van der Waals surface area contributed by atoms with Gasteiger partial charge in [0.1, 0.15) is 11.9 Å². The topological polar surface area (TPSA) is 43.4 Å². The zero-order valence-corrected chi connectivity index (χ0v) is 7.00. The molecule has 0 aromatic heterocycles. The summed E-state index contributed by atoms with van der Waals surface area (Å²) in [5.74, 6) is -0.0728. The zero-order valence-electron chi connectivity index (χ0n) is 5.43. The molecule has 0 aromatic rings. The lowest BCUT2D eigenvalue weighted by Gasteiger charge is -1.92. The maximum atomic E-state index is 10.3. The van der Waals surface area contributed by atoms with E-state index in [0.29, 0.717) is 5.75 Å². The maximum absolute atomic E-state index is 10.3. The SMILES string of the molecule is CC(=O)SCCC(=O)OCl. The molecule has 0 aromatic carbocycles. The molecule has 3 nitrogen and oxygen atoms in total. The highest BCUT2D eigenvalue weighted by Crippen LogP contribution is 2.04. The van der Waals surface area contributed by atoms with Gasteiger partial charge in [-0.3, -0.25) is 9.59 Å². The van der Waals surface area contributed by atoms with E-state index in [2.05, 4.69) is 4.29 Å². The Morgan fingerprint density at radius 3 is 2.60 bits per heavy atom. The Hall–Kier alpha value is -0.220. The van der Waals surface area contributed by atoms with E-state index in [4.69, 9.17) is 11.9 Å². The predicted molar refractivity (Wildman–Crippen MR) is 39.7 cm³/mol. The zero-order chi connectivity index (χ0) is 7.98. The summed E-state index contributed by atoms with van der Waals surface area (Å²) in [6, 6.07) is 0. The number of thioether (sulfide) groups is 1. The van der Waals surface area contributed by atoms with E-state index in [1.165, 1.54) is 6.92 Å². The van der Waals surface area contributed by atoms with Gasteiger partial charge in [-0.2, -0.15) is 0 Å². The minimum Gasteiger partial charge on any atom is -0.348 e. The summed E-state index contributed by atoms with van der Waals surface area (Å²) in [6.07, 6.45) is 0.174. The highest BCUT2D eigenvalue weighted by molar-refractivity contribution is 8.13. The van der Waals surface area contributed by atoms with E-state index in [9.17, 15) is 9.59 Å². The minimum atomic E-state index is -0.504. The molecule has 0 heterocycles. The first kappa shape index (κ1) is 9.78. The Morgan fingerprint density at radius 1 is 1.60 bits per heavy atom. The summed E-state index contributed by atoms with van der Waals surface area (Å²) in [4.78, 5) is 20.6. The van der Waals surface area contributed by atoms with E-state index in [1.54, 1.807) is 0 Å². The summed E-state index contributed by atoms with van der Waals surface area (Å²) in [7, 11) is 0. The van der Waals surface area contributed by atoms with Crippen LogP contribution in [0.5, 0.6) is 0 Å². The van der Waals surface area contributed by atoms with Crippen molar-refractivity contribution in [2.45, 2.75) is 13.3 Å². The van der Waals surface area contributed by atoms with Crippen LogP contribution in [0.25, 0.3) is 0 Å². The van der Waals surface area contributed by atoms with Crippen molar-refractivity contribution in [1.29, 1.82) is 0 Å². The van der Waals surface area contributed by atoms with Gasteiger partial charge >= 0.3 is 5.97 Å². The van der Waals surface area contributed by atoms with Crippen LogP contribution in [0.1, 0.15) is 13.3 Å². The van der Waals surface area contributed by atoms with Crippen molar-refractivity contribution in [1.82, 2.24) is 0 Å². The second-order valence-electron chi connectivity index (χ2n) is 1.54. The number of rotatable bonds is 3. The number of hydrogen-bond acceptors (Lipinski definition) is 4. The number of hydrogen-bond donors (Lipinski definition) is 0. The van der Waals surface area contributed by atoms with Crippen molar-refractivity contribution in [3.63, 3.8) is 0 Å². The summed E-state index contributed by atoms with van der Waals surface area (Å²) in [5.41, 5.74) is 0. The Morgan fingerprint density at radius 2 is 2.20 bits per heavy atom. The van der Waals surface area contributed by atoms with Gasteiger partial charge in [0.2, 0.25) is 0 Å². The van der Waals surface area contributed by atoms with Crippen LogP contribution in [-0.4, -0.2) is 16.8 Å². The molecular formula is C5H7ClO3S. The fourth-order valence-electron chi connectivity index (χ4n) is 0.317. The molecule has 0 aliphatic heterocycles. The van der Waals surface area contributed by atoms with E-state index >= 15 is 0 Å². The van der Waals surface area contributed by atoms with Crippen molar-refractivity contribution in [3.8, 4) is 0 Å². The molecule has 0 N–H and O–H groups in total. The van der Waals surface area contributed by atoms with Crippen molar-refractivity contribution in [3.05, 3.63) is 0 Å². The van der Waals surface area contributed by atoms with Crippen LogP contribution >= 0.6 is 23.6 Å². The third-order valence-electron chi connectivity index (χ3n) is 0.698. The second-order valence-corrected chi connectivity index (χ2v) is 2.97. The molecule has 58 valence electrons. The largest absolute Gasteiger partial charge is 0.348 e. The second kappa shape index (κ2) is 5.56. The average Bonchev–Trinajstić information content (AvgIpc) is 1.87. The molecule has 0 fully saturated rings. The van der Waals surface area contributed by atoms with Gasteiger partial charge in [-0.15, -0.1) is 0 Å². The molecule has 0 aliphatic rings. The molecule has 0 saturated carbocycles. The lowest BCUT2D eigenvalue weighted by Crippen LogP contribution is -1.99. The first-order valence-electron chi connectivity index (χ1n) is 2.61. The van der Waals surface area contributed by atoms with Crippen molar-refractivity contribution in [2.24, 2.45) is 0 Å². The molecule has 0 rings (SSSR count). The fourth-order valence-corrected chi connectivity index (χ4v) is 0.950. The van der Waals surface area contributed by atoms with Crippen LogP contribution in [0.3, 0.4) is 0 Å². The molecule has 0 bridgehead atoms. The van der Waals surface area contributed by atoms with E-state index in [0.717, 1.165) is 11.8 Å². The number of carbonyl (C=O) groups excluding carboxylic acids is 2. The van der Waals surface area contributed by atoms with Gasteiger partial charge in [-0.05, 0) is 0 Å². The van der Waals surface area contributed by atoms with E-state index in [1.807, 2.05) is 0 Å². The molecule has 0 atom stereocenters. The molecule has 0 radical (unpaired) electrons. The monoisotopic (exact) mass is 182 g/mol. The van der Waals surface area contributed by atoms with Crippen molar-refractivity contribution in [2.75, 3.05) is 5.75 Å². The minimum absolute atomic E-state index is 0.0117. The van der Waals surface area contributed by atoms with Gasteiger partial charge in [0.05, 0.1) is 6.42 Å². The Bertz CT molecular complexity index is 137. The Kier molecular flexibility index (Phi) is 5.43. The summed E-state index contributed by atoms with van der Waals surface area (Å²) in [6.45, 7) is 1.44. The maximum Gasteiger partial charge on any atom is 0.325 e. The molecule has 10 heavy (non-hydrogen) atoms. The first-order valence-corrected chi connectivity index (χ1v) is 3.91. The summed E-state index contributed by atoms with van der Waals surface area (Å²) >= 11 is 5.80. The first-order chi connectivity index (χ1) is 4.66. The average molecular weight is 183 g/mol. The molecule has 0 spiro atoms. The molecular weight excluding hydrogens is 176 g/mol. The third kappa shape index (κ3) is 5.91. The van der Waals surface area contributed by atoms with E-state index in [-0.39, 0.29) is 11.5 Å². The van der Waals surface area contributed by atoms with Gasteiger partial charge in [-0.25, -0.2) is 0 Å². The summed E-state index contributed by atoms with van der Waals surface area (Å²) < 4.78 is 3.84. The molecule has 0 amide bonds. The Labute approximate surface area is 68.2 Å². The standard InChI is InChI=1S/C5H7ClO3S/c1-4(7)10-3-2-5(8)9-6/h2-3H2,1H3. The van der Waals surface area contributed by atoms with Crippen LogP contribution in [0.4, 0.5) is 0 Å². The van der Waals surface area contributed by atoms with Crippen LogP contribution in [-0.2, 0) is 13.9 Å². The van der Waals surface area contributed by atoms with Crippen LogP contribution in [0.15, 0.2) is 0 Å². The van der Waals surface area contributed by atoms with Crippen molar-refractivity contribution >= 4 is 34.7 Å². The lowest BCUT2D eigenvalue weighted by molar-refractivity contribution is -0.133. The molecule has 5 heteroatoms. The molecule has 0 unspecified atom stereocenters. The molecule has 0 saturated heterocycles. The van der Waals surface area contributed by atoms with Gasteiger partial charge in [0.25, 0.3) is 0 Å². The van der Waals surface area contributed by atoms with Crippen molar-refractivity contribution < 1.29 is 13.9 Å². The summed E-state index contributed by atoms with van der Waals surface area (Å²) in [5, 5.41) is -0.0117. The van der Waals surface area contributed by atoms with Gasteiger partial charge < -0.3 is 4.29 Å². The predicted octanol–water partition coefficient (Wildman–Crippen LogP) is 1.35. The van der Waals surface area contributed by atoms with Gasteiger partial charge in [0, 0.05) is 12.7 Å². The quantitative estimate of drug-likeness (QED) is 0.661. The third-order valence-corrected chi connectivity index (χ3v) is 1.68. The van der Waals surface area contributed by atoms with Crippen LogP contribution in [0.2, 0.25) is 0 Å². The van der Waals surface area contributed by atoms with Gasteiger partial charge in [0.15, 0.2) is 5.12 Å².